The van der Waals surface area contributed by atoms with E-state index in [1.54, 1.807) is 0 Å². The topological polar surface area (TPSA) is 16.4 Å². The lowest BCUT2D eigenvalue weighted by Gasteiger charge is -2.29. The number of benzene rings is 7. The molecule has 1 heterocycles. The highest BCUT2D eigenvalue weighted by molar-refractivity contribution is 6.05. The van der Waals surface area contributed by atoms with Crippen LogP contribution in [0.5, 0.6) is 0 Å². The normalized spacial score (nSPS) is 15.7. The molecule has 0 unspecified atom stereocenters. The fourth-order valence-electron chi connectivity index (χ4n) is 8.75. The maximum absolute atomic E-state index is 9.18. The maximum atomic E-state index is 9.18. The summed E-state index contributed by atoms with van der Waals surface area (Å²) in [6.07, 6.45) is 0. The van der Waals surface area contributed by atoms with E-state index in [0.717, 1.165) is 44.6 Å². The molecule has 0 saturated heterocycles. The first kappa shape index (κ1) is 28.6. The molecule has 0 fully saturated rings. The second-order valence-electron chi connectivity index (χ2n) is 15.2. The van der Waals surface area contributed by atoms with Crippen molar-refractivity contribution in [3.05, 3.63) is 185 Å². The molecule has 0 saturated carbocycles. The van der Waals surface area contributed by atoms with Crippen LogP contribution in [0.2, 0.25) is 0 Å². The van der Waals surface area contributed by atoms with Crippen molar-refractivity contribution in [1.82, 2.24) is 0 Å². The Bertz CT molecular complexity index is 2860. The van der Waals surface area contributed by atoms with Crippen LogP contribution in [0.25, 0.3) is 56.3 Å². The number of anilines is 3. The molecule has 2 aliphatic rings. The lowest BCUT2D eigenvalue weighted by Crippen LogP contribution is -2.18. The molecule has 1 aromatic heterocycles. The molecule has 10 rings (SSSR count). The first-order valence-corrected chi connectivity index (χ1v) is 18.1. The molecule has 7 aromatic carbocycles. The number of para-hydroxylation sites is 2. The summed E-state index contributed by atoms with van der Waals surface area (Å²) < 4.78 is 24.4. The van der Waals surface area contributed by atoms with Crippen LogP contribution >= 0.6 is 0 Å². The van der Waals surface area contributed by atoms with Crippen molar-refractivity contribution in [1.29, 1.82) is 0 Å². The third kappa shape index (κ3) is 4.57. The van der Waals surface area contributed by atoms with E-state index >= 15 is 0 Å². The number of nitrogens with zero attached hydrogens (tertiary/aromatic N) is 1. The molecule has 52 heavy (non-hydrogen) atoms. The third-order valence-electron chi connectivity index (χ3n) is 11.5. The minimum atomic E-state index is -0.323. The van der Waals surface area contributed by atoms with E-state index in [9.17, 15) is 1.37 Å². The van der Waals surface area contributed by atoms with Gasteiger partial charge in [-0.2, -0.15) is 0 Å². The van der Waals surface area contributed by atoms with Crippen LogP contribution in [-0.4, -0.2) is 0 Å². The van der Waals surface area contributed by atoms with Crippen molar-refractivity contribution < 1.29 is 7.16 Å². The number of hydrogen-bond donors (Lipinski definition) is 0. The predicted octanol–water partition coefficient (Wildman–Crippen LogP) is 13.8. The minimum absolute atomic E-state index is 0.103. The molecule has 0 radical (unpaired) electrons. The van der Waals surface area contributed by atoms with Crippen molar-refractivity contribution >= 4 is 51.1 Å². The zero-order valence-electron chi connectivity index (χ0n) is 31.8. The zero-order valence-corrected chi connectivity index (χ0v) is 29.8. The molecule has 0 amide bonds. The smallest absolute Gasteiger partial charge is 0.136 e. The number of furan rings is 1. The Morgan fingerprint density at radius 1 is 0.442 bits per heavy atom. The van der Waals surface area contributed by atoms with Crippen LogP contribution < -0.4 is 4.90 Å². The largest absolute Gasteiger partial charge is 0.456 e. The average molecular weight is 672 g/mol. The molecule has 2 nitrogen and oxygen atoms in total. The van der Waals surface area contributed by atoms with Gasteiger partial charge in [0, 0.05) is 38.7 Å². The van der Waals surface area contributed by atoms with E-state index in [1.807, 2.05) is 48.5 Å². The standard InChI is InChI=1S/C50H39NO/c1-49(2)43-16-10-8-14-37(43)39-26-22-35(30-45(39)49)51(34-12-6-5-7-13-34)36-23-27-40-38-24-20-32(28-44(38)50(3,4)46(40)31-36)18-19-33-21-25-42-41-15-9-11-17-47(41)52-48(42)29-33/h5-31H,1-4H3/b19-18+/i18D,19D. The van der Waals surface area contributed by atoms with Crippen LogP contribution in [0.3, 0.4) is 0 Å². The Morgan fingerprint density at radius 3 is 1.69 bits per heavy atom. The van der Waals surface area contributed by atoms with Crippen molar-refractivity contribution in [3.8, 4) is 22.3 Å². The Balaban J connectivity index is 1.04. The third-order valence-corrected chi connectivity index (χ3v) is 11.5. The summed E-state index contributed by atoms with van der Waals surface area (Å²) in [4.78, 5) is 2.37. The van der Waals surface area contributed by atoms with Crippen LogP contribution in [0.1, 0.15) is 63.8 Å². The van der Waals surface area contributed by atoms with Gasteiger partial charge in [0.1, 0.15) is 11.2 Å². The summed E-state index contributed by atoms with van der Waals surface area (Å²) in [5.41, 5.74) is 16.0. The fraction of sp³-hybridized carbons (Fsp3) is 0.120. The summed E-state index contributed by atoms with van der Waals surface area (Å²) >= 11 is 0. The highest BCUT2D eigenvalue weighted by Gasteiger charge is 2.38. The van der Waals surface area contributed by atoms with E-state index in [1.165, 1.54) is 44.5 Å². The van der Waals surface area contributed by atoms with Gasteiger partial charge in [-0.1, -0.05) is 137 Å². The average Bonchev–Trinajstić information content (AvgIpc) is 3.76. The lowest BCUT2D eigenvalue weighted by molar-refractivity contribution is 0.660. The molecule has 0 spiro atoms. The summed E-state index contributed by atoms with van der Waals surface area (Å²) in [6, 6.07) is 53.6. The van der Waals surface area contributed by atoms with E-state index in [0.29, 0.717) is 5.56 Å². The van der Waals surface area contributed by atoms with Gasteiger partial charge in [0.2, 0.25) is 0 Å². The molecule has 0 bridgehead atoms. The summed E-state index contributed by atoms with van der Waals surface area (Å²) in [5, 5.41) is 2.07. The first-order valence-electron chi connectivity index (χ1n) is 19.1. The predicted molar refractivity (Wildman–Crippen MR) is 219 cm³/mol. The van der Waals surface area contributed by atoms with Crippen LogP contribution in [0.15, 0.2) is 156 Å². The monoisotopic (exact) mass is 671 g/mol. The molecule has 0 aliphatic heterocycles. The highest BCUT2D eigenvalue weighted by atomic mass is 16.3. The summed E-state index contributed by atoms with van der Waals surface area (Å²) in [5.74, 6) is 0. The van der Waals surface area contributed by atoms with Gasteiger partial charge < -0.3 is 9.32 Å². The Morgan fingerprint density at radius 2 is 0.962 bits per heavy atom. The SMILES string of the molecule is [2H]/C(=C(/[2H])c1ccc2c(c1)oc1ccccc12)c1ccc2c(c1)C(C)(C)c1cc(N(c3ccccc3)c3ccc4c(c3)C(C)(C)c3ccccc3-4)ccc1-2. The number of hydrogen-bond acceptors (Lipinski definition) is 2. The van der Waals surface area contributed by atoms with Gasteiger partial charge in [-0.3, -0.25) is 0 Å². The number of fused-ring (bicyclic) bond motifs is 9. The summed E-state index contributed by atoms with van der Waals surface area (Å²) in [6.45, 7) is 9.21. The van der Waals surface area contributed by atoms with E-state index in [2.05, 4.69) is 136 Å². The molecular formula is C50H39NO. The molecular weight excluding hydrogens is 631 g/mol. The van der Waals surface area contributed by atoms with Gasteiger partial charge in [0.25, 0.3) is 0 Å². The van der Waals surface area contributed by atoms with Crippen molar-refractivity contribution in [3.63, 3.8) is 0 Å². The Hall–Kier alpha value is -6.12. The quantitative estimate of drug-likeness (QED) is 0.169. The van der Waals surface area contributed by atoms with Gasteiger partial charge >= 0.3 is 0 Å². The van der Waals surface area contributed by atoms with E-state index in [4.69, 9.17) is 5.79 Å². The molecule has 8 aromatic rings. The molecule has 0 atom stereocenters. The van der Waals surface area contributed by atoms with Gasteiger partial charge in [-0.25, -0.2) is 0 Å². The van der Waals surface area contributed by atoms with Crippen molar-refractivity contribution in [2.24, 2.45) is 0 Å². The van der Waals surface area contributed by atoms with Gasteiger partial charge in [0.05, 0.1) is 2.74 Å². The molecule has 2 heteroatoms. The van der Waals surface area contributed by atoms with Crippen LogP contribution in [-0.2, 0) is 10.8 Å². The fourth-order valence-corrected chi connectivity index (χ4v) is 8.75. The highest BCUT2D eigenvalue weighted by Crippen LogP contribution is 2.53. The van der Waals surface area contributed by atoms with Crippen LogP contribution in [0.4, 0.5) is 17.1 Å². The van der Waals surface area contributed by atoms with Gasteiger partial charge in [0.15, 0.2) is 0 Å². The molecule has 2 aliphatic carbocycles. The second kappa shape index (κ2) is 11.2. The maximum Gasteiger partial charge on any atom is 0.136 e. The Kier molecular flexibility index (Phi) is 6.15. The second-order valence-corrected chi connectivity index (χ2v) is 15.2. The summed E-state index contributed by atoms with van der Waals surface area (Å²) in [7, 11) is 0. The van der Waals surface area contributed by atoms with Crippen molar-refractivity contribution in [2.75, 3.05) is 4.90 Å². The lowest BCUT2D eigenvalue weighted by atomic mass is 9.81. The van der Waals surface area contributed by atoms with Crippen molar-refractivity contribution in [2.45, 2.75) is 38.5 Å². The Labute approximate surface area is 308 Å². The van der Waals surface area contributed by atoms with Gasteiger partial charge in [-0.15, -0.1) is 0 Å². The first-order chi connectivity index (χ1) is 26.1. The molecule has 250 valence electrons. The zero-order chi connectivity index (χ0) is 36.9. The number of rotatable bonds is 5. The van der Waals surface area contributed by atoms with Crippen LogP contribution in [0, 0.1) is 0 Å². The van der Waals surface area contributed by atoms with E-state index < -0.39 is 0 Å². The van der Waals surface area contributed by atoms with E-state index in [-0.39, 0.29) is 22.9 Å². The minimum Gasteiger partial charge on any atom is -0.456 e. The van der Waals surface area contributed by atoms with Gasteiger partial charge in [-0.05, 0) is 110 Å². The molecule has 0 N–H and O–H groups in total.